The number of anilines is 1. The summed E-state index contributed by atoms with van der Waals surface area (Å²) >= 11 is 8.98. The molecule has 0 aromatic heterocycles. The second-order valence-corrected chi connectivity index (χ2v) is 5.42. The van der Waals surface area contributed by atoms with E-state index in [2.05, 4.69) is 15.9 Å². The molecular weight excluding hydrogens is 321 g/mol. The van der Waals surface area contributed by atoms with Crippen molar-refractivity contribution in [3.63, 3.8) is 0 Å². The van der Waals surface area contributed by atoms with Crippen molar-refractivity contribution in [1.82, 2.24) is 0 Å². The van der Waals surface area contributed by atoms with E-state index in [0.717, 1.165) is 0 Å². The van der Waals surface area contributed by atoms with Crippen LogP contribution in [0.15, 0.2) is 22.7 Å². The topological polar surface area (TPSA) is 57.6 Å². The number of carbonyl (C=O) groups excluding carboxylic acids is 1. The van der Waals surface area contributed by atoms with Crippen molar-refractivity contribution in [1.29, 1.82) is 0 Å². The van der Waals surface area contributed by atoms with E-state index >= 15 is 0 Å². The average Bonchev–Trinajstić information content (AvgIpc) is 2.70. The van der Waals surface area contributed by atoms with Crippen molar-refractivity contribution in [3.05, 3.63) is 28.2 Å². The van der Waals surface area contributed by atoms with Gasteiger partial charge in [-0.1, -0.05) is 15.9 Å². The fraction of sp³-hybridized carbons (Fsp3) is 0.333. The van der Waals surface area contributed by atoms with E-state index in [-0.39, 0.29) is 17.4 Å². The van der Waals surface area contributed by atoms with Gasteiger partial charge in [0.15, 0.2) is 0 Å². The second kappa shape index (κ2) is 5.28. The van der Waals surface area contributed by atoms with Gasteiger partial charge in [0, 0.05) is 23.3 Å². The number of rotatable bonds is 3. The number of carbonyl (C=O) groups is 2. The molecule has 1 fully saturated rings. The molecule has 1 amide bonds. The van der Waals surface area contributed by atoms with Crippen molar-refractivity contribution < 1.29 is 14.7 Å². The maximum atomic E-state index is 11.9. The molecule has 0 radical (unpaired) electrons. The molecule has 6 heteroatoms. The predicted octanol–water partition coefficient (Wildman–Crippen LogP) is 2.74. The lowest BCUT2D eigenvalue weighted by molar-refractivity contribution is -0.117. The Hall–Kier alpha value is -1.07. The van der Waals surface area contributed by atoms with E-state index in [4.69, 9.17) is 11.6 Å². The number of aromatic carboxylic acids is 1. The summed E-state index contributed by atoms with van der Waals surface area (Å²) in [5.41, 5.74) is 0.552. The molecule has 4 nitrogen and oxygen atoms in total. The minimum absolute atomic E-state index is 0.0783. The molecule has 18 heavy (non-hydrogen) atoms. The molecule has 96 valence electrons. The molecule has 1 saturated heterocycles. The van der Waals surface area contributed by atoms with Gasteiger partial charge in [0.1, 0.15) is 0 Å². The summed E-state index contributed by atoms with van der Waals surface area (Å²) in [6, 6.07) is 4.87. The standard InChI is InChI=1S/C12H11BrClNO3/c13-8-1-2-10(9(4-8)12(17)18)15-6-7(5-14)3-11(15)16/h1-2,4,7H,3,5-6H2,(H,17,18). The smallest absolute Gasteiger partial charge is 0.337 e. The Kier molecular flexibility index (Phi) is 3.92. The largest absolute Gasteiger partial charge is 0.478 e. The maximum absolute atomic E-state index is 11.9. The van der Waals surface area contributed by atoms with Crippen LogP contribution in [-0.2, 0) is 4.79 Å². The summed E-state index contributed by atoms with van der Waals surface area (Å²) in [7, 11) is 0. The number of hydrogen-bond donors (Lipinski definition) is 1. The molecule has 2 rings (SSSR count). The zero-order chi connectivity index (χ0) is 13.3. The summed E-state index contributed by atoms with van der Waals surface area (Å²) in [5, 5.41) is 9.17. The monoisotopic (exact) mass is 331 g/mol. The van der Waals surface area contributed by atoms with Crippen LogP contribution in [0.4, 0.5) is 5.69 Å². The summed E-state index contributed by atoms with van der Waals surface area (Å²) < 4.78 is 0.671. The summed E-state index contributed by atoms with van der Waals surface area (Å²) in [4.78, 5) is 24.6. The SMILES string of the molecule is O=C(O)c1cc(Br)ccc1N1CC(CCl)CC1=O. The minimum Gasteiger partial charge on any atom is -0.478 e. The molecule has 0 aliphatic carbocycles. The Morgan fingerprint density at radius 2 is 2.28 bits per heavy atom. The van der Waals surface area contributed by atoms with Crippen LogP contribution in [0.3, 0.4) is 0 Å². The molecule has 1 N–H and O–H groups in total. The van der Waals surface area contributed by atoms with Gasteiger partial charge in [-0.25, -0.2) is 4.79 Å². The van der Waals surface area contributed by atoms with E-state index < -0.39 is 5.97 Å². The number of carboxylic acids is 1. The Balaban J connectivity index is 2.39. The molecular formula is C12H11BrClNO3. The predicted molar refractivity (Wildman–Crippen MR) is 72.3 cm³/mol. The number of amides is 1. The minimum atomic E-state index is -1.05. The normalized spacial score (nSPS) is 19.3. The lowest BCUT2D eigenvalue weighted by Gasteiger charge is -2.18. The molecule has 1 aromatic rings. The van der Waals surface area contributed by atoms with Crippen LogP contribution < -0.4 is 4.90 Å². The van der Waals surface area contributed by atoms with Gasteiger partial charge in [0.2, 0.25) is 5.91 Å². The highest BCUT2D eigenvalue weighted by Crippen LogP contribution is 2.30. The molecule has 0 spiro atoms. The summed E-state index contributed by atoms with van der Waals surface area (Å²) in [5.74, 6) is -0.635. The Labute approximate surface area is 118 Å². The highest BCUT2D eigenvalue weighted by atomic mass is 79.9. The van der Waals surface area contributed by atoms with E-state index in [1.54, 1.807) is 12.1 Å². The number of nitrogens with zero attached hydrogens (tertiary/aromatic N) is 1. The van der Waals surface area contributed by atoms with Crippen LogP contribution in [0.2, 0.25) is 0 Å². The maximum Gasteiger partial charge on any atom is 0.337 e. The van der Waals surface area contributed by atoms with Crippen LogP contribution >= 0.6 is 27.5 Å². The van der Waals surface area contributed by atoms with Crippen LogP contribution in [0.25, 0.3) is 0 Å². The van der Waals surface area contributed by atoms with Gasteiger partial charge in [0.05, 0.1) is 11.3 Å². The van der Waals surface area contributed by atoms with Crippen LogP contribution in [-0.4, -0.2) is 29.4 Å². The Morgan fingerprint density at radius 3 is 2.83 bits per heavy atom. The molecule has 1 aliphatic heterocycles. The first-order valence-electron chi connectivity index (χ1n) is 5.42. The number of benzene rings is 1. The first-order valence-corrected chi connectivity index (χ1v) is 6.75. The molecule has 1 heterocycles. The molecule has 0 bridgehead atoms. The second-order valence-electron chi connectivity index (χ2n) is 4.20. The molecule has 1 aliphatic rings. The van der Waals surface area contributed by atoms with E-state index in [0.29, 0.717) is 29.0 Å². The third kappa shape index (κ3) is 2.52. The van der Waals surface area contributed by atoms with Gasteiger partial charge in [-0.2, -0.15) is 0 Å². The van der Waals surface area contributed by atoms with Crippen LogP contribution in [0, 0.1) is 5.92 Å². The average molecular weight is 333 g/mol. The third-order valence-electron chi connectivity index (χ3n) is 2.90. The number of halogens is 2. The Morgan fingerprint density at radius 1 is 1.56 bits per heavy atom. The first kappa shape index (κ1) is 13.4. The van der Waals surface area contributed by atoms with Gasteiger partial charge >= 0.3 is 5.97 Å². The van der Waals surface area contributed by atoms with Gasteiger partial charge in [-0.3, -0.25) is 4.79 Å². The lowest BCUT2D eigenvalue weighted by Crippen LogP contribution is -2.26. The molecule has 1 atom stereocenters. The zero-order valence-electron chi connectivity index (χ0n) is 9.40. The van der Waals surface area contributed by atoms with Crippen molar-refractivity contribution >= 4 is 45.1 Å². The first-order chi connectivity index (χ1) is 8.52. The fourth-order valence-corrected chi connectivity index (χ4v) is 2.60. The quantitative estimate of drug-likeness (QED) is 0.866. The zero-order valence-corrected chi connectivity index (χ0v) is 11.7. The fourth-order valence-electron chi connectivity index (χ4n) is 2.03. The number of alkyl halides is 1. The van der Waals surface area contributed by atoms with Crippen molar-refractivity contribution in [2.75, 3.05) is 17.3 Å². The van der Waals surface area contributed by atoms with E-state index in [1.165, 1.54) is 11.0 Å². The molecule has 0 saturated carbocycles. The van der Waals surface area contributed by atoms with Crippen molar-refractivity contribution in [2.24, 2.45) is 5.92 Å². The van der Waals surface area contributed by atoms with E-state index in [9.17, 15) is 14.7 Å². The van der Waals surface area contributed by atoms with Crippen molar-refractivity contribution in [2.45, 2.75) is 6.42 Å². The highest BCUT2D eigenvalue weighted by molar-refractivity contribution is 9.10. The van der Waals surface area contributed by atoms with Gasteiger partial charge in [0.25, 0.3) is 0 Å². The Bertz CT molecular complexity index is 506. The number of hydrogen-bond acceptors (Lipinski definition) is 2. The summed E-state index contributed by atoms with van der Waals surface area (Å²) in [6.45, 7) is 0.476. The number of carboxylic acid groups (broad SMARTS) is 1. The summed E-state index contributed by atoms with van der Waals surface area (Å²) in [6.07, 6.45) is 0.374. The molecule has 1 unspecified atom stereocenters. The molecule has 1 aromatic carbocycles. The van der Waals surface area contributed by atoms with Crippen LogP contribution in [0.5, 0.6) is 0 Å². The van der Waals surface area contributed by atoms with E-state index in [1.807, 2.05) is 0 Å². The van der Waals surface area contributed by atoms with Gasteiger partial charge in [-0.15, -0.1) is 11.6 Å². The van der Waals surface area contributed by atoms with Crippen LogP contribution in [0.1, 0.15) is 16.8 Å². The van der Waals surface area contributed by atoms with Crippen molar-refractivity contribution in [3.8, 4) is 0 Å². The lowest BCUT2D eigenvalue weighted by atomic mass is 10.1. The third-order valence-corrected chi connectivity index (χ3v) is 3.83. The van der Waals surface area contributed by atoms with Gasteiger partial charge < -0.3 is 10.0 Å². The highest BCUT2D eigenvalue weighted by Gasteiger charge is 2.32. The van der Waals surface area contributed by atoms with Gasteiger partial charge in [-0.05, 0) is 24.1 Å².